The molecule has 2 aliphatic heterocycles. The molecule has 0 radical (unpaired) electrons. The van der Waals surface area contributed by atoms with Crippen LogP contribution in [-0.4, -0.2) is 83.7 Å². The molecule has 190 valence electrons. The van der Waals surface area contributed by atoms with Crippen LogP contribution in [-0.2, 0) is 11.3 Å². The van der Waals surface area contributed by atoms with Crippen LogP contribution in [0.5, 0.6) is 5.75 Å². The standard InChI is InChI=1S/C26H30N4O6/c27-10-18-6-8-23(9-7-18)35-17-22(28-25(32)36-16-19-4-2-1-3-5-19)15-29-11-20-13-30(26(33)34)14-21(12-29)24(20)31/h1-9,20-22,24,31H,11-17H2,(H,28,32)(H,33,34). The first kappa shape index (κ1) is 25.3. The van der Waals surface area contributed by atoms with E-state index in [-0.39, 0.29) is 38.1 Å². The number of carboxylic acid groups (broad SMARTS) is 1. The second-order valence-electron chi connectivity index (χ2n) is 9.27. The van der Waals surface area contributed by atoms with E-state index in [1.807, 2.05) is 30.3 Å². The Balaban J connectivity index is 1.38. The van der Waals surface area contributed by atoms with E-state index in [0.29, 0.717) is 30.9 Å². The van der Waals surface area contributed by atoms with Crippen LogP contribution >= 0.6 is 0 Å². The Morgan fingerprint density at radius 3 is 2.33 bits per heavy atom. The molecule has 2 bridgehead atoms. The van der Waals surface area contributed by atoms with Crippen molar-refractivity contribution >= 4 is 12.2 Å². The minimum Gasteiger partial charge on any atom is -0.491 e. The number of hydrogen-bond acceptors (Lipinski definition) is 7. The minimum atomic E-state index is -0.970. The number of carbonyl (C=O) groups is 2. The topological polar surface area (TPSA) is 135 Å². The summed E-state index contributed by atoms with van der Waals surface area (Å²) < 4.78 is 11.3. The molecule has 10 heteroatoms. The van der Waals surface area contributed by atoms with E-state index in [9.17, 15) is 19.8 Å². The highest BCUT2D eigenvalue weighted by molar-refractivity contribution is 5.67. The number of alkyl carbamates (subject to hydrolysis) is 1. The van der Waals surface area contributed by atoms with Gasteiger partial charge < -0.3 is 34.8 Å². The average molecular weight is 495 g/mol. The fourth-order valence-corrected chi connectivity index (χ4v) is 4.82. The molecule has 3 unspecified atom stereocenters. The lowest BCUT2D eigenvalue weighted by molar-refractivity contribution is -0.0735. The quantitative estimate of drug-likeness (QED) is 0.508. The SMILES string of the molecule is N#Cc1ccc(OCC(CN2CC3CN(C(=O)O)CC(C2)C3O)NC(=O)OCc2ccccc2)cc1. The molecule has 0 saturated carbocycles. The minimum absolute atomic E-state index is 0.140. The van der Waals surface area contributed by atoms with Gasteiger partial charge in [0, 0.05) is 44.6 Å². The van der Waals surface area contributed by atoms with Crippen molar-refractivity contribution in [1.29, 1.82) is 5.26 Å². The molecule has 2 saturated heterocycles. The van der Waals surface area contributed by atoms with Gasteiger partial charge in [0.15, 0.2) is 0 Å². The number of carbonyl (C=O) groups excluding carboxylic acids is 1. The molecule has 3 atom stereocenters. The third-order valence-electron chi connectivity index (χ3n) is 6.58. The predicted octanol–water partition coefficient (Wildman–Crippen LogP) is 2.13. The first-order valence-corrected chi connectivity index (χ1v) is 11.9. The number of nitrogens with zero attached hydrogens (tertiary/aromatic N) is 3. The average Bonchev–Trinajstić information content (AvgIpc) is 2.87. The van der Waals surface area contributed by atoms with Crippen LogP contribution in [0.4, 0.5) is 9.59 Å². The highest BCUT2D eigenvalue weighted by Gasteiger charge is 2.43. The van der Waals surface area contributed by atoms with Crippen LogP contribution in [0.3, 0.4) is 0 Å². The summed E-state index contributed by atoms with van der Waals surface area (Å²) in [5.74, 6) is 0.180. The lowest BCUT2D eigenvalue weighted by Gasteiger charge is -2.48. The molecule has 3 N–H and O–H groups in total. The Morgan fingerprint density at radius 2 is 1.72 bits per heavy atom. The summed E-state index contributed by atoms with van der Waals surface area (Å²) in [7, 11) is 0. The number of piperidine rings is 2. The van der Waals surface area contributed by atoms with Gasteiger partial charge in [-0.25, -0.2) is 9.59 Å². The summed E-state index contributed by atoms with van der Waals surface area (Å²) in [4.78, 5) is 27.5. The maximum absolute atomic E-state index is 12.6. The number of amides is 2. The molecular weight excluding hydrogens is 464 g/mol. The van der Waals surface area contributed by atoms with Gasteiger partial charge >= 0.3 is 12.2 Å². The fourth-order valence-electron chi connectivity index (χ4n) is 4.82. The van der Waals surface area contributed by atoms with E-state index < -0.39 is 24.3 Å². The monoisotopic (exact) mass is 494 g/mol. The number of aliphatic hydroxyl groups is 1. The van der Waals surface area contributed by atoms with E-state index in [1.165, 1.54) is 4.90 Å². The van der Waals surface area contributed by atoms with Crippen LogP contribution in [0.25, 0.3) is 0 Å². The first-order chi connectivity index (χ1) is 17.4. The van der Waals surface area contributed by atoms with E-state index >= 15 is 0 Å². The summed E-state index contributed by atoms with van der Waals surface area (Å²) in [5.41, 5.74) is 1.40. The lowest BCUT2D eigenvalue weighted by atomic mass is 9.81. The zero-order chi connectivity index (χ0) is 25.5. The smallest absolute Gasteiger partial charge is 0.407 e. The molecule has 2 aromatic carbocycles. The maximum Gasteiger partial charge on any atom is 0.407 e. The molecule has 36 heavy (non-hydrogen) atoms. The molecule has 2 amide bonds. The van der Waals surface area contributed by atoms with Crippen molar-refractivity contribution in [2.24, 2.45) is 11.8 Å². The maximum atomic E-state index is 12.6. The predicted molar refractivity (Wildman–Crippen MR) is 129 cm³/mol. The molecule has 2 heterocycles. The van der Waals surface area contributed by atoms with Gasteiger partial charge in [0.2, 0.25) is 0 Å². The van der Waals surface area contributed by atoms with Crippen molar-refractivity contribution in [3.05, 3.63) is 65.7 Å². The van der Waals surface area contributed by atoms with Crippen molar-refractivity contribution in [3.8, 4) is 11.8 Å². The van der Waals surface area contributed by atoms with Gasteiger partial charge in [0.05, 0.1) is 23.8 Å². The van der Waals surface area contributed by atoms with Crippen molar-refractivity contribution < 1.29 is 29.3 Å². The normalized spacial score (nSPS) is 22.2. The molecule has 4 rings (SSSR count). The van der Waals surface area contributed by atoms with Crippen molar-refractivity contribution in [1.82, 2.24) is 15.1 Å². The number of likely N-dealkylation sites (tertiary alicyclic amines) is 2. The molecule has 2 aromatic rings. The zero-order valence-corrected chi connectivity index (χ0v) is 19.8. The van der Waals surface area contributed by atoms with E-state index in [1.54, 1.807) is 24.3 Å². The van der Waals surface area contributed by atoms with Crippen LogP contribution < -0.4 is 10.1 Å². The van der Waals surface area contributed by atoms with Crippen molar-refractivity contribution in [2.75, 3.05) is 39.3 Å². The Kier molecular flexibility index (Phi) is 8.25. The Bertz CT molecular complexity index is 1060. The van der Waals surface area contributed by atoms with E-state index in [2.05, 4.69) is 16.3 Å². The Hall–Kier alpha value is -3.81. The van der Waals surface area contributed by atoms with Gasteiger partial charge in [-0.1, -0.05) is 30.3 Å². The molecular formula is C26H30N4O6. The molecule has 2 fully saturated rings. The molecule has 0 aromatic heterocycles. The van der Waals surface area contributed by atoms with Crippen LogP contribution in [0.2, 0.25) is 0 Å². The molecule has 2 aliphatic rings. The lowest BCUT2D eigenvalue weighted by Crippen LogP contribution is -2.62. The molecule has 0 spiro atoms. The van der Waals surface area contributed by atoms with E-state index in [0.717, 1.165) is 5.56 Å². The third kappa shape index (κ3) is 6.65. The number of fused-ring (bicyclic) bond motifs is 2. The van der Waals surface area contributed by atoms with Crippen molar-refractivity contribution in [3.63, 3.8) is 0 Å². The summed E-state index contributed by atoms with van der Waals surface area (Å²) in [6, 6.07) is 17.7. The summed E-state index contributed by atoms with van der Waals surface area (Å²) in [6.45, 7) is 2.34. The van der Waals surface area contributed by atoms with Gasteiger partial charge in [-0.15, -0.1) is 0 Å². The Labute approximate surface area is 209 Å². The summed E-state index contributed by atoms with van der Waals surface area (Å²) >= 11 is 0. The van der Waals surface area contributed by atoms with Crippen LogP contribution in [0.15, 0.2) is 54.6 Å². The number of aliphatic hydroxyl groups excluding tert-OH is 1. The zero-order valence-electron chi connectivity index (χ0n) is 19.8. The number of benzene rings is 2. The summed E-state index contributed by atoms with van der Waals surface area (Å²) in [6.07, 6.45) is -2.09. The van der Waals surface area contributed by atoms with Crippen molar-refractivity contribution in [2.45, 2.75) is 18.8 Å². The first-order valence-electron chi connectivity index (χ1n) is 11.9. The molecule has 0 aliphatic carbocycles. The van der Waals surface area contributed by atoms with Gasteiger partial charge in [-0.05, 0) is 29.8 Å². The second-order valence-corrected chi connectivity index (χ2v) is 9.27. The third-order valence-corrected chi connectivity index (χ3v) is 6.58. The van der Waals surface area contributed by atoms with Gasteiger partial charge in [-0.3, -0.25) is 0 Å². The number of nitrogens with one attached hydrogen (secondary N) is 1. The van der Waals surface area contributed by atoms with Gasteiger partial charge in [-0.2, -0.15) is 5.26 Å². The highest BCUT2D eigenvalue weighted by atomic mass is 16.5. The largest absolute Gasteiger partial charge is 0.491 e. The van der Waals surface area contributed by atoms with Crippen LogP contribution in [0, 0.1) is 23.2 Å². The van der Waals surface area contributed by atoms with Crippen LogP contribution in [0.1, 0.15) is 11.1 Å². The fraction of sp³-hybridized carbons (Fsp3) is 0.423. The van der Waals surface area contributed by atoms with E-state index in [4.69, 9.17) is 14.7 Å². The Morgan fingerprint density at radius 1 is 1.06 bits per heavy atom. The second kappa shape index (κ2) is 11.7. The van der Waals surface area contributed by atoms with Gasteiger partial charge in [0.1, 0.15) is 19.0 Å². The molecule has 10 nitrogen and oxygen atoms in total. The number of ether oxygens (including phenoxy) is 2. The van der Waals surface area contributed by atoms with Gasteiger partial charge in [0.25, 0.3) is 0 Å². The number of nitriles is 1. The number of hydrogen-bond donors (Lipinski definition) is 3. The highest BCUT2D eigenvalue weighted by Crippen LogP contribution is 2.29. The number of rotatable bonds is 8. The summed E-state index contributed by atoms with van der Waals surface area (Å²) in [5, 5.41) is 31.8.